The maximum atomic E-state index is 14.2. The quantitative estimate of drug-likeness (QED) is 0.466. The first-order valence-electron chi connectivity index (χ1n) is 12.7. The third-order valence-corrected chi connectivity index (χ3v) is 9.26. The minimum Gasteiger partial charge on any atom is -0.463 e. The van der Waals surface area contributed by atoms with Crippen molar-refractivity contribution in [2.45, 2.75) is 39.2 Å². The van der Waals surface area contributed by atoms with Crippen molar-refractivity contribution in [3.8, 4) is 0 Å². The number of benzene rings is 1. The standard InChI is InChI=1S/C28H26ClFN2O6/c1-3-31-24(34)16-7-6-15-17(22(16)26(31)36)11-18-25(35)32(13-4-8-20(30)19(29)10-13)27(37)28(18,2)23(15)21-9-5-14(12-33)38-21/h4-6,8-10,16-18,22-23,33H,3,7,11-12H2,1-2H3/t16-,17+,18-,22-,23+,28+/m0/s1. The number of aliphatic hydroxyl groups excluding tert-OH is 1. The summed E-state index contributed by atoms with van der Waals surface area (Å²) in [5.41, 5.74) is -0.327. The Labute approximate surface area is 223 Å². The fourth-order valence-electron chi connectivity index (χ4n) is 7.20. The Balaban J connectivity index is 1.51. The molecule has 1 aromatic heterocycles. The average molecular weight is 541 g/mol. The largest absolute Gasteiger partial charge is 0.463 e. The Morgan fingerprint density at radius 1 is 1.11 bits per heavy atom. The average Bonchev–Trinajstić information content (AvgIpc) is 3.52. The Kier molecular flexibility index (Phi) is 5.66. The van der Waals surface area contributed by atoms with Crippen molar-refractivity contribution in [3.63, 3.8) is 0 Å². The van der Waals surface area contributed by atoms with Gasteiger partial charge < -0.3 is 9.52 Å². The lowest BCUT2D eigenvalue weighted by atomic mass is 9.52. The number of hydrogen-bond acceptors (Lipinski definition) is 6. The van der Waals surface area contributed by atoms with E-state index in [0.29, 0.717) is 17.9 Å². The van der Waals surface area contributed by atoms with Gasteiger partial charge in [-0.2, -0.15) is 0 Å². The molecule has 8 nitrogen and oxygen atoms in total. The van der Waals surface area contributed by atoms with Crippen LogP contribution in [0.1, 0.15) is 44.1 Å². The van der Waals surface area contributed by atoms with Gasteiger partial charge in [-0.15, -0.1) is 0 Å². The van der Waals surface area contributed by atoms with Crippen LogP contribution in [0.5, 0.6) is 0 Å². The first kappa shape index (κ1) is 25.0. The number of likely N-dealkylation sites (tertiary alicyclic amines) is 1. The van der Waals surface area contributed by atoms with Crippen LogP contribution < -0.4 is 4.90 Å². The minimum absolute atomic E-state index is 0.162. The number of hydrogen-bond donors (Lipinski definition) is 1. The molecule has 10 heteroatoms. The normalized spacial score (nSPS) is 32.4. The van der Waals surface area contributed by atoms with Crippen LogP contribution in [-0.4, -0.2) is 40.2 Å². The van der Waals surface area contributed by atoms with Crippen LogP contribution in [0.4, 0.5) is 10.1 Å². The number of rotatable bonds is 4. The molecule has 1 aromatic carbocycles. The van der Waals surface area contributed by atoms with E-state index in [1.54, 1.807) is 26.0 Å². The molecule has 2 aliphatic carbocycles. The van der Waals surface area contributed by atoms with Gasteiger partial charge in [-0.1, -0.05) is 23.3 Å². The molecule has 0 radical (unpaired) electrons. The Bertz CT molecular complexity index is 1430. The molecule has 4 aliphatic rings. The monoisotopic (exact) mass is 540 g/mol. The van der Waals surface area contributed by atoms with Gasteiger partial charge in [0.1, 0.15) is 23.9 Å². The summed E-state index contributed by atoms with van der Waals surface area (Å²) in [6, 6.07) is 6.99. The van der Waals surface area contributed by atoms with Gasteiger partial charge in [-0.05, 0) is 62.9 Å². The molecule has 0 unspecified atom stereocenters. The highest BCUT2D eigenvalue weighted by atomic mass is 35.5. The molecule has 2 aliphatic heterocycles. The molecule has 4 amide bonds. The van der Waals surface area contributed by atoms with E-state index >= 15 is 0 Å². The number of amides is 4. The second kappa shape index (κ2) is 8.61. The fraction of sp³-hybridized carbons (Fsp3) is 0.429. The number of anilines is 1. The zero-order valence-corrected chi connectivity index (χ0v) is 21.6. The van der Waals surface area contributed by atoms with Gasteiger partial charge >= 0.3 is 0 Å². The lowest BCUT2D eigenvalue weighted by Crippen LogP contribution is -2.48. The van der Waals surface area contributed by atoms with Crippen LogP contribution in [-0.2, 0) is 25.8 Å². The molecule has 2 saturated heterocycles. The summed E-state index contributed by atoms with van der Waals surface area (Å²) in [5, 5.41) is 9.43. The predicted molar refractivity (Wildman–Crippen MR) is 133 cm³/mol. The smallest absolute Gasteiger partial charge is 0.241 e. The molecular formula is C28H26ClFN2O6. The SMILES string of the molecule is CCN1C(=O)[C@H]2[C@H](CC=C3[C@H]2C[C@H]2C(=O)N(c4ccc(F)c(Cl)c4)C(=O)[C@@]2(C)[C@H]3c2ccc(CO)o2)C1=O. The van der Waals surface area contributed by atoms with Crippen molar-refractivity contribution >= 4 is 40.9 Å². The zero-order chi connectivity index (χ0) is 27.1. The van der Waals surface area contributed by atoms with E-state index in [9.17, 15) is 28.7 Å². The summed E-state index contributed by atoms with van der Waals surface area (Å²) in [7, 11) is 0. The van der Waals surface area contributed by atoms with E-state index in [4.69, 9.17) is 16.0 Å². The van der Waals surface area contributed by atoms with E-state index in [2.05, 4.69) is 0 Å². The van der Waals surface area contributed by atoms with Gasteiger partial charge in [0, 0.05) is 6.54 Å². The topological polar surface area (TPSA) is 108 Å². The zero-order valence-electron chi connectivity index (χ0n) is 20.8. The molecule has 2 aromatic rings. The number of carbonyl (C=O) groups is 4. The Morgan fingerprint density at radius 3 is 2.53 bits per heavy atom. The molecule has 1 N–H and O–H groups in total. The number of fused-ring (bicyclic) bond motifs is 4. The summed E-state index contributed by atoms with van der Waals surface area (Å²) >= 11 is 5.99. The number of allylic oxidation sites excluding steroid dienone is 2. The lowest BCUT2D eigenvalue weighted by molar-refractivity contribution is -0.140. The molecule has 1 saturated carbocycles. The van der Waals surface area contributed by atoms with E-state index in [1.807, 2.05) is 6.08 Å². The van der Waals surface area contributed by atoms with E-state index in [-0.39, 0.29) is 42.1 Å². The second-order valence-corrected chi connectivity index (χ2v) is 11.0. The summed E-state index contributed by atoms with van der Waals surface area (Å²) in [6.07, 6.45) is 2.49. The van der Waals surface area contributed by atoms with Gasteiger partial charge in [0.25, 0.3) is 0 Å². The summed E-state index contributed by atoms with van der Waals surface area (Å²) < 4.78 is 19.9. The maximum Gasteiger partial charge on any atom is 0.241 e. The molecule has 3 heterocycles. The van der Waals surface area contributed by atoms with E-state index in [0.717, 1.165) is 16.5 Å². The number of nitrogens with zero attached hydrogens (tertiary/aromatic N) is 2. The number of aliphatic hydroxyl groups is 1. The third-order valence-electron chi connectivity index (χ3n) is 8.97. The van der Waals surface area contributed by atoms with Crippen LogP contribution in [0.15, 0.2) is 46.4 Å². The third kappa shape index (κ3) is 3.18. The summed E-state index contributed by atoms with van der Waals surface area (Å²) in [6.45, 7) is 3.40. The highest BCUT2D eigenvalue weighted by Crippen LogP contribution is 2.63. The van der Waals surface area contributed by atoms with Crippen molar-refractivity contribution in [1.29, 1.82) is 0 Å². The highest BCUT2D eigenvalue weighted by molar-refractivity contribution is 6.31. The number of furan rings is 1. The molecule has 6 rings (SSSR count). The van der Waals surface area contributed by atoms with Crippen molar-refractivity contribution in [2.75, 3.05) is 11.4 Å². The first-order valence-corrected chi connectivity index (χ1v) is 13.1. The van der Waals surface area contributed by atoms with Crippen LogP contribution >= 0.6 is 11.6 Å². The predicted octanol–water partition coefficient (Wildman–Crippen LogP) is 3.82. The molecule has 0 spiro atoms. The van der Waals surface area contributed by atoms with Crippen LogP contribution in [0.3, 0.4) is 0 Å². The van der Waals surface area contributed by atoms with Crippen LogP contribution in [0, 0.1) is 34.9 Å². The Morgan fingerprint density at radius 2 is 1.87 bits per heavy atom. The summed E-state index contributed by atoms with van der Waals surface area (Å²) in [4.78, 5) is 56.9. The van der Waals surface area contributed by atoms with E-state index < -0.39 is 52.6 Å². The van der Waals surface area contributed by atoms with Gasteiger partial charge in [0.05, 0.1) is 39.8 Å². The van der Waals surface area contributed by atoms with Gasteiger partial charge in [0.2, 0.25) is 23.6 Å². The summed E-state index contributed by atoms with van der Waals surface area (Å²) in [5.74, 6) is -4.48. The molecule has 6 atom stereocenters. The van der Waals surface area contributed by atoms with Crippen molar-refractivity contribution in [1.82, 2.24) is 4.90 Å². The van der Waals surface area contributed by atoms with Crippen molar-refractivity contribution < 1.29 is 33.1 Å². The highest BCUT2D eigenvalue weighted by Gasteiger charge is 2.68. The maximum absolute atomic E-state index is 14.2. The Hall–Kier alpha value is -3.30. The molecule has 0 bridgehead atoms. The van der Waals surface area contributed by atoms with Crippen LogP contribution in [0.25, 0.3) is 0 Å². The van der Waals surface area contributed by atoms with Crippen molar-refractivity contribution in [3.05, 3.63) is 64.3 Å². The van der Waals surface area contributed by atoms with Gasteiger partial charge in [-0.3, -0.25) is 24.1 Å². The molecule has 198 valence electrons. The second-order valence-electron chi connectivity index (χ2n) is 10.6. The van der Waals surface area contributed by atoms with Gasteiger partial charge in [-0.25, -0.2) is 9.29 Å². The molecule has 3 fully saturated rings. The van der Waals surface area contributed by atoms with E-state index in [1.165, 1.54) is 17.0 Å². The number of imide groups is 2. The molecular weight excluding hydrogens is 515 g/mol. The number of halogens is 2. The molecule has 38 heavy (non-hydrogen) atoms. The fourth-order valence-corrected chi connectivity index (χ4v) is 7.37. The van der Waals surface area contributed by atoms with Crippen LogP contribution in [0.2, 0.25) is 5.02 Å². The van der Waals surface area contributed by atoms with Crippen molar-refractivity contribution in [2.24, 2.45) is 29.1 Å². The van der Waals surface area contributed by atoms with Gasteiger partial charge in [0.15, 0.2) is 0 Å². The first-order chi connectivity index (χ1) is 18.1. The number of carbonyl (C=O) groups excluding carboxylic acids is 4. The minimum atomic E-state index is -1.28. The lowest BCUT2D eigenvalue weighted by Gasteiger charge is -2.48.